The maximum absolute atomic E-state index is 11.3. The predicted octanol–water partition coefficient (Wildman–Crippen LogP) is 4.24. The van der Waals surface area contributed by atoms with Gasteiger partial charge >= 0.3 is 5.97 Å². The van der Waals surface area contributed by atoms with Crippen LogP contribution in [-0.2, 0) is 9.53 Å². The van der Waals surface area contributed by atoms with Crippen molar-refractivity contribution in [3.05, 3.63) is 66.2 Å². The van der Waals surface area contributed by atoms with Crippen molar-refractivity contribution < 1.29 is 19.0 Å². The van der Waals surface area contributed by atoms with Crippen molar-refractivity contribution in [2.45, 2.75) is 20.0 Å². The number of benzene rings is 2. The first-order valence-corrected chi connectivity index (χ1v) is 7.90. The van der Waals surface area contributed by atoms with E-state index in [4.69, 9.17) is 19.5 Å². The highest BCUT2D eigenvalue weighted by atomic mass is 16.5. The van der Waals surface area contributed by atoms with E-state index in [1.54, 1.807) is 61.5 Å². The van der Waals surface area contributed by atoms with Gasteiger partial charge in [-0.15, -0.1) is 0 Å². The number of hydrogen-bond acceptors (Lipinski definition) is 5. The summed E-state index contributed by atoms with van der Waals surface area (Å²) in [5.41, 5.74) is 0.584. The van der Waals surface area contributed by atoms with Gasteiger partial charge in [-0.05, 0) is 68.5 Å². The number of carbonyl (C=O) groups is 1. The van der Waals surface area contributed by atoms with Crippen LogP contribution in [0.15, 0.2) is 60.7 Å². The van der Waals surface area contributed by atoms with Crippen LogP contribution in [0.2, 0.25) is 0 Å². The summed E-state index contributed by atoms with van der Waals surface area (Å²) in [4.78, 5) is 11.3. The Kier molecular flexibility index (Phi) is 6.61. The zero-order chi connectivity index (χ0) is 18.1. The van der Waals surface area contributed by atoms with Crippen molar-refractivity contribution in [3.8, 4) is 23.3 Å². The molecule has 0 radical (unpaired) electrons. The van der Waals surface area contributed by atoms with E-state index in [9.17, 15) is 4.79 Å². The molecule has 0 aliphatic heterocycles. The Labute approximate surface area is 147 Å². The van der Waals surface area contributed by atoms with E-state index in [1.165, 1.54) is 6.08 Å². The molecule has 128 valence electrons. The van der Waals surface area contributed by atoms with Crippen LogP contribution in [0.25, 0.3) is 0 Å². The summed E-state index contributed by atoms with van der Waals surface area (Å²) >= 11 is 0. The van der Waals surface area contributed by atoms with Gasteiger partial charge < -0.3 is 14.2 Å². The van der Waals surface area contributed by atoms with Gasteiger partial charge in [0.15, 0.2) is 0 Å². The molecule has 2 aromatic carbocycles. The Bertz CT molecular complexity index is 758. The number of esters is 1. The third-order valence-electron chi connectivity index (χ3n) is 3.15. The Morgan fingerprint density at radius 3 is 2.20 bits per heavy atom. The van der Waals surface area contributed by atoms with Crippen LogP contribution in [0.5, 0.6) is 17.2 Å². The molecule has 0 aliphatic rings. The molecular formula is C20H19NO4. The maximum Gasteiger partial charge on any atom is 0.330 e. The molecule has 0 aliphatic carbocycles. The van der Waals surface area contributed by atoms with E-state index in [2.05, 4.69) is 6.07 Å². The molecule has 0 aromatic heterocycles. The average molecular weight is 337 g/mol. The number of ether oxygens (including phenoxy) is 3. The minimum Gasteiger partial charge on any atom is -0.487 e. The lowest BCUT2D eigenvalue weighted by Gasteiger charge is -2.12. The first-order chi connectivity index (χ1) is 12.1. The number of hydrogen-bond donors (Lipinski definition) is 0. The zero-order valence-electron chi connectivity index (χ0n) is 14.1. The van der Waals surface area contributed by atoms with Crippen LogP contribution in [0, 0.1) is 11.3 Å². The molecule has 0 amide bonds. The Morgan fingerprint density at radius 2 is 1.64 bits per heavy atom. The standard InChI is InChI=1S/C20H19NO4/c1-3-23-20(22)13-4-15(2)24-17-9-11-19(12-10-17)25-18-7-5-16(14-21)6-8-18/h4-13,15H,3H2,1-2H3/b13-4+. The topological polar surface area (TPSA) is 68.6 Å². The summed E-state index contributed by atoms with van der Waals surface area (Å²) in [6, 6.07) is 16.1. The lowest BCUT2D eigenvalue weighted by Crippen LogP contribution is -2.09. The fraction of sp³-hybridized carbons (Fsp3) is 0.200. The van der Waals surface area contributed by atoms with E-state index in [1.807, 2.05) is 6.92 Å². The molecule has 5 heteroatoms. The summed E-state index contributed by atoms with van der Waals surface area (Å²) in [6.07, 6.45) is 2.73. The van der Waals surface area contributed by atoms with Gasteiger partial charge in [0.1, 0.15) is 23.4 Å². The SMILES string of the molecule is CCOC(=O)/C=C/C(C)Oc1ccc(Oc2ccc(C#N)cc2)cc1. The van der Waals surface area contributed by atoms with Crippen LogP contribution in [0.4, 0.5) is 0 Å². The summed E-state index contributed by atoms with van der Waals surface area (Å²) in [5, 5.41) is 8.78. The first-order valence-electron chi connectivity index (χ1n) is 7.90. The fourth-order valence-corrected chi connectivity index (χ4v) is 1.98. The largest absolute Gasteiger partial charge is 0.487 e. The average Bonchev–Trinajstić information content (AvgIpc) is 2.62. The Morgan fingerprint density at radius 1 is 1.08 bits per heavy atom. The molecular weight excluding hydrogens is 318 g/mol. The summed E-state index contributed by atoms with van der Waals surface area (Å²) in [5.74, 6) is 1.59. The maximum atomic E-state index is 11.3. The second kappa shape index (κ2) is 9.14. The van der Waals surface area contributed by atoms with Crippen LogP contribution in [0.3, 0.4) is 0 Å². The van der Waals surface area contributed by atoms with Crippen molar-refractivity contribution >= 4 is 5.97 Å². The molecule has 0 bridgehead atoms. The highest BCUT2D eigenvalue weighted by Gasteiger charge is 2.03. The highest BCUT2D eigenvalue weighted by Crippen LogP contribution is 2.24. The van der Waals surface area contributed by atoms with Gasteiger partial charge in [-0.1, -0.05) is 0 Å². The minimum atomic E-state index is -0.385. The molecule has 25 heavy (non-hydrogen) atoms. The predicted molar refractivity (Wildman–Crippen MR) is 93.5 cm³/mol. The molecule has 0 saturated heterocycles. The molecule has 2 rings (SSSR count). The molecule has 1 atom stereocenters. The second-order valence-corrected chi connectivity index (χ2v) is 5.14. The lowest BCUT2D eigenvalue weighted by molar-refractivity contribution is -0.137. The monoisotopic (exact) mass is 337 g/mol. The first kappa shape index (κ1) is 18.1. The van der Waals surface area contributed by atoms with E-state index >= 15 is 0 Å². The third-order valence-corrected chi connectivity index (χ3v) is 3.15. The summed E-state index contributed by atoms with van der Waals surface area (Å²) in [7, 11) is 0. The minimum absolute atomic E-state index is 0.269. The van der Waals surface area contributed by atoms with Crippen molar-refractivity contribution in [3.63, 3.8) is 0 Å². The number of rotatable bonds is 7. The number of carbonyl (C=O) groups excluding carboxylic acids is 1. The van der Waals surface area contributed by atoms with Crippen LogP contribution in [0.1, 0.15) is 19.4 Å². The lowest BCUT2D eigenvalue weighted by atomic mass is 10.2. The normalized spacial score (nSPS) is 11.6. The molecule has 0 spiro atoms. The van der Waals surface area contributed by atoms with Crippen molar-refractivity contribution in [2.24, 2.45) is 0 Å². The molecule has 0 heterocycles. The van der Waals surface area contributed by atoms with Gasteiger partial charge in [-0.2, -0.15) is 5.26 Å². The van der Waals surface area contributed by atoms with E-state index < -0.39 is 0 Å². The molecule has 0 N–H and O–H groups in total. The van der Waals surface area contributed by atoms with Gasteiger partial charge in [0.05, 0.1) is 18.2 Å². The van der Waals surface area contributed by atoms with Gasteiger partial charge in [0.2, 0.25) is 0 Å². The van der Waals surface area contributed by atoms with Crippen molar-refractivity contribution in [1.29, 1.82) is 5.26 Å². The highest BCUT2D eigenvalue weighted by molar-refractivity contribution is 5.81. The third kappa shape index (κ3) is 6.04. The molecule has 2 aromatic rings. The van der Waals surface area contributed by atoms with Gasteiger partial charge in [-0.25, -0.2) is 4.79 Å². The quantitative estimate of drug-likeness (QED) is 0.558. The van der Waals surface area contributed by atoms with Crippen molar-refractivity contribution in [2.75, 3.05) is 6.61 Å². The summed E-state index contributed by atoms with van der Waals surface area (Å²) < 4.78 is 16.2. The van der Waals surface area contributed by atoms with Crippen LogP contribution in [-0.4, -0.2) is 18.7 Å². The van der Waals surface area contributed by atoms with Crippen LogP contribution >= 0.6 is 0 Å². The molecule has 1 unspecified atom stereocenters. The van der Waals surface area contributed by atoms with E-state index in [-0.39, 0.29) is 12.1 Å². The van der Waals surface area contributed by atoms with Gasteiger partial charge in [-0.3, -0.25) is 0 Å². The summed E-state index contributed by atoms with van der Waals surface area (Å²) in [6.45, 7) is 3.93. The van der Waals surface area contributed by atoms with Crippen molar-refractivity contribution in [1.82, 2.24) is 0 Å². The van der Waals surface area contributed by atoms with E-state index in [0.717, 1.165) is 0 Å². The Balaban J connectivity index is 1.90. The number of nitrogens with zero attached hydrogens (tertiary/aromatic N) is 1. The van der Waals surface area contributed by atoms with Gasteiger partial charge in [0, 0.05) is 6.08 Å². The van der Waals surface area contributed by atoms with Gasteiger partial charge in [0.25, 0.3) is 0 Å². The van der Waals surface area contributed by atoms with E-state index in [0.29, 0.717) is 29.4 Å². The molecule has 0 fully saturated rings. The molecule has 5 nitrogen and oxygen atoms in total. The molecule has 0 saturated carbocycles. The number of nitriles is 1. The smallest absolute Gasteiger partial charge is 0.330 e. The van der Waals surface area contributed by atoms with Crippen LogP contribution < -0.4 is 9.47 Å². The Hall–Kier alpha value is -3.26. The zero-order valence-corrected chi connectivity index (χ0v) is 14.1. The second-order valence-electron chi connectivity index (χ2n) is 5.14. The fourth-order valence-electron chi connectivity index (χ4n) is 1.98.